The minimum atomic E-state index is -3.07. The van der Waals surface area contributed by atoms with Crippen molar-refractivity contribution in [3.05, 3.63) is 35.4 Å². The molecule has 0 radical (unpaired) electrons. The number of rotatable bonds is 7. The Morgan fingerprint density at radius 2 is 1.40 bits per heavy atom. The average Bonchev–Trinajstić information content (AvgIpc) is 2.26. The summed E-state index contributed by atoms with van der Waals surface area (Å²) in [6.07, 6.45) is 0.196. The molecule has 3 nitrogen and oxygen atoms in total. The van der Waals surface area contributed by atoms with Crippen LogP contribution in [0.4, 0.5) is 0 Å². The number of hydrogen-bond donors (Lipinski definition) is 0. The fraction of sp³-hybridized carbons (Fsp3) is 0.625. The number of hydrogen-bond acceptors (Lipinski definition) is 3. The topological polar surface area (TPSA) is 35.5 Å². The largest absolute Gasteiger partial charge is 0.331 e. The normalized spacial score (nSPS) is 14.0. The molecule has 0 fully saturated rings. The zero-order chi connectivity index (χ0) is 15.3. The summed E-state index contributed by atoms with van der Waals surface area (Å²) in [4.78, 5) is 0. The predicted octanol–water partition coefficient (Wildman–Crippen LogP) is 5.14. The van der Waals surface area contributed by atoms with Crippen LogP contribution in [0.15, 0.2) is 24.3 Å². The van der Waals surface area contributed by atoms with E-state index in [4.69, 9.17) is 9.05 Å². The Hall–Kier alpha value is -0.630. The zero-order valence-electron chi connectivity index (χ0n) is 13.4. The van der Waals surface area contributed by atoms with E-state index in [9.17, 15) is 4.57 Å². The lowest BCUT2D eigenvalue weighted by Gasteiger charge is -2.25. The first-order valence-corrected chi connectivity index (χ1v) is 8.97. The minimum absolute atomic E-state index is 0.107. The van der Waals surface area contributed by atoms with Crippen LogP contribution in [0, 0.1) is 6.92 Å². The maximum absolute atomic E-state index is 12.8. The van der Waals surface area contributed by atoms with Crippen molar-refractivity contribution < 1.29 is 13.6 Å². The first kappa shape index (κ1) is 17.4. The van der Waals surface area contributed by atoms with Gasteiger partial charge in [0.05, 0.1) is 18.4 Å². The smallest absolute Gasteiger partial charge is 0.306 e. The Balaban J connectivity index is 2.83. The minimum Gasteiger partial charge on any atom is -0.306 e. The van der Waals surface area contributed by atoms with Gasteiger partial charge in [-0.1, -0.05) is 36.8 Å². The van der Waals surface area contributed by atoms with E-state index in [1.54, 1.807) is 0 Å². The maximum atomic E-state index is 12.8. The molecule has 0 bridgehead atoms. The van der Waals surface area contributed by atoms with Gasteiger partial charge in [-0.2, -0.15) is 0 Å². The van der Waals surface area contributed by atoms with Crippen LogP contribution < -0.4 is 0 Å². The van der Waals surface area contributed by atoms with E-state index in [1.807, 2.05) is 27.7 Å². The molecule has 0 saturated heterocycles. The van der Waals surface area contributed by atoms with Crippen molar-refractivity contribution in [2.24, 2.45) is 0 Å². The zero-order valence-corrected chi connectivity index (χ0v) is 14.3. The second-order valence-corrected chi connectivity index (χ2v) is 7.92. The fourth-order valence-electron chi connectivity index (χ4n) is 2.09. The molecule has 1 aromatic rings. The molecule has 0 aliphatic carbocycles. The molecular weight excluding hydrogens is 271 g/mol. The second kappa shape index (κ2) is 7.40. The van der Waals surface area contributed by atoms with Crippen molar-refractivity contribution in [2.45, 2.75) is 59.7 Å². The van der Waals surface area contributed by atoms with Crippen molar-refractivity contribution in [2.75, 3.05) is 6.16 Å². The highest BCUT2D eigenvalue weighted by Crippen LogP contribution is 2.53. The highest BCUT2D eigenvalue weighted by Gasteiger charge is 2.30. The van der Waals surface area contributed by atoms with E-state index in [2.05, 4.69) is 38.1 Å². The van der Waals surface area contributed by atoms with Gasteiger partial charge in [-0.15, -0.1) is 0 Å². The highest BCUT2D eigenvalue weighted by molar-refractivity contribution is 7.53. The van der Waals surface area contributed by atoms with Gasteiger partial charge >= 0.3 is 7.60 Å². The summed E-state index contributed by atoms with van der Waals surface area (Å²) in [5.74, 6) is 0.138. The molecule has 114 valence electrons. The molecule has 0 unspecified atom stereocenters. The van der Waals surface area contributed by atoms with Gasteiger partial charge in [0.25, 0.3) is 0 Å². The first-order valence-electron chi connectivity index (χ1n) is 7.24. The molecule has 0 aliphatic heterocycles. The van der Waals surface area contributed by atoms with Gasteiger partial charge in [0.2, 0.25) is 0 Å². The summed E-state index contributed by atoms with van der Waals surface area (Å²) in [5, 5.41) is 0. The SMILES string of the molecule is Cc1ccc([C@H](C)CP(=O)(OC(C)C)OC(C)C)cc1. The third-order valence-corrected chi connectivity index (χ3v) is 5.37. The van der Waals surface area contributed by atoms with Crippen molar-refractivity contribution in [1.29, 1.82) is 0 Å². The molecule has 0 spiro atoms. The van der Waals surface area contributed by atoms with E-state index in [0.29, 0.717) is 6.16 Å². The van der Waals surface area contributed by atoms with Crippen LogP contribution in [0.2, 0.25) is 0 Å². The number of benzene rings is 1. The average molecular weight is 298 g/mol. The van der Waals surface area contributed by atoms with Gasteiger partial charge < -0.3 is 9.05 Å². The summed E-state index contributed by atoms with van der Waals surface area (Å²) in [6, 6.07) is 8.30. The van der Waals surface area contributed by atoms with Crippen LogP contribution in [0.5, 0.6) is 0 Å². The molecule has 1 atom stereocenters. The van der Waals surface area contributed by atoms with E-state index in [-0.39, 0.29) is 18.1 Å². The third-order valence-electron chi connectivity index (χ3n) is 2.89. The van der Waals surface area contributed by atoms with Crippen molar-refractivity contribution in [3.63, 3.8) is 0 Å². The lowest BCUT2D eigenvalue weighted by Crippen LogP contribution is -2.13. The summed E-state index contributed by atoms with van der Waals surface area (Å²) < 4.78 is 24.0. The Morgan fingerprint density at radius 1 is 0.950 bits per heavy atom. The number of aryl methyl sites for hydroxylation is 1. The van der Waals surface area contributed by atoms with Crippen LogP contribution in [-0.2, 0) is 13.6 Å². The van der Waals surface area contributed by atoms with E-state index >= 15 is 0 Å². The molecule has 0 heterocycles. The predicted molar refractivity (Wildman–Crippen MR) is 84.5 cm³/mol. The Kier molecular flexibility index (Phi) is 6.44. The van der Waals surface area contributed by atoms with Crippen LogP contribution in [0.1, 0.15) is 51.7 Å². The summed E-state index contributed by atoms with van der Waals surface area (Å²) in [7, 11) is -3.07. The lowest BCUT2D eigenvalue weighted by molar-refractivity contribution is 0.142. The molecule has 0 N–H and O–H groups in total. The van der Waals surface area contributed by atoms with E-state index in [0.717, 1.165) is 5.56 Å². The summed E-state index contributed by atoms with van der Waals surface area (Å²) in [5.41, 5.74) is 2.39. The van der Waals surface area contributed by atoms with Gasteiger partial charge in [0.1, 0.15) is 0 Å². The first-order chi connectivity index (χ1) is 9.22. The summed E-state index contributed by atoms with van der Waals surface area (Å²) in [6.45, 7) is 11.6. The van der Waals surface area contributed by atoms with Gasteiger partial charge in [-0.25, -0.2) is 0 Å². The Bertz CT molecular complexity index is 437. The molecule has 0 amide bonds. The Morgan fingerprint density at radius 3 is 1.80 bits per heavy atom. The van der Waals surface area contributed by atoms with Crippen LogP contribution in [0.25, 0.3) is 0 Å². The van der Waals surface area contributed by atoms with Crippen LogP contribution >= 0.6 is 7.60 Å². The molecule has 1 aromatic carbocycles. The maximum Gasteiger partial charge on any atom is 0.331 e. The highest BCUT2D eigenvalue weighted by atomic mass is 31.2. The van der Waals surface area contributed by atoms with Gasteiger partial charge in [-0.05, 0) is 46.1 Å². The molecule has 0 aromatic heterocycles. The molecule has 0 aliphatic rings. The van der Waals surface area contributed by atoms with E-state index < -0.39 is 7.60 Å². The molecular formula is C16H27O3P. The van der Waals surface area contributed by atoms with Gasteiger partial charge in [-0.3, -0.25) is 4.57 Å². The monoisotopic (exact) mass is 298 g/mol. The van der Waals surface area contributed by atoms with Crippen LogP contribution in [-0.4, -0.2) is 18.4 Å². The van der Waals surface area contributed by atoms with E-state index in [1.165, 1.54) is 5.56 Å². The van der Waals surface area contributed by atoms with Crippen molar-refractivity contribution in [1.82, 2.24) is 0 Å². The quantitative estimate of drug-likeness (QED) is 0.654. The summed E-state index contributed by atoms with van der Waals surface area (Å²) >= 11 is 0. The fourth-order valence-corrected chi connectivity index (χ4v) is 4.48. The molecule has 20 heavy (non-hydrogen) atoms. The van der Waals surface area contributed by atoms with Gasteiger partial charge in [0, 0.05) is 0 Å². The third kappa shape index (κ3) is 5.78. The molecule has 4 heteroatoms. The molecule has 0 saturated carbocycles. The van der Waals surface area contributed by atoms with Gasteiger partial charge in [0.15, 0.2) is 0 Å². The Labute approximate surface area is 123 Å². The lowest BCUT2D eigenvalue weighted by atomic mass is 10.0. The van der Waals surface area contributed by atoms with Crippen molar-refractivity contribution >= 4 is 7.60 Å². The molecule has 1 rings (SSSR count). The van der Waals surface area contributed by atoms with Crippen molar-refractivity contribution in [3.8, 4) is 0 Å². The van der Waals surface area contributed by atoms with Crippen LogP contribution in [0.3, 0.4) is 0 Å². The second-order valence-electron chi connectivity index (χ2n) is 5.91. The standard InChI is InChI=1S/C16H27O3P/c1-12(2)18-20(17,19-13(3)4)11-15(6)16-9-7-14(5)8-10-16/h7-10,12-13,15H,11H2,1-6H3/t15-/m1/s1.